The first-order valence-corrected chi connectivity index (χ1v) is 10.6. The third-order valence-corrected chi connectivity index (χ3v) is 7.31. The Hall–Kier alpha value is -1.02. The van der Waals surface area contributed by atoms with E-state index in [1.165, 1.54) is 22.5 Å². The standard InChI is InChI=1S/C16H18N4S3/c1-21-16-19-18-14(23-16)10-20-8-6-11(7-9-20)15-17-12-4-2-3-5-13(12)22-15/h2-5,11H,6-10H2,1H3. The van der Waals surface area contributed by atoms with Crippen molar-refractivity contribution in [1.82, 2.24) is 20.1 Å². The lowest BCUT2D eigenvalue weighted by molar-refractivity contribution is 0.204. The molecule has 1 aliphatic rings. The normalized spacial score (nSPS) is 17.1. The summed E-state index contributed by atoms with van der Waals surface area (Å²) in [5.74, 6) is 0.611. The van der Waals surface area contributed by atoms with Crippen molar-refractivity contribution in [2.75, 3.05) is 19.3 Å². The number of hydrogen-bond donors (Lipinski definition) is 0. The number of hydrogen-bond acceptors (Lipinski definition) is 7. The van der Waals surface area contributed by atoms with Gasteiger partial charge in [-0.3, -0.25) is 4.90 Å². The molecule has 0 unspecified atom stereocenters. The summed E-state index contributed by atoms with van der Waals surface area (Å²) in [7, 11) is 0. The Bertz CT molecular complexity index is 756. The molecule has 3 heterocycles. The number of thioether (sulfide) groups is 1. The van der Waals surface area contributed by atoms with E-state index in [9.17, 15) is 0 Å². The van der Waals surface area contributed by atoms with Crippen molar-refractivity contribution in [1.29, 1.82) is 0 Å². The molecule has 0 saturated carbocycles. The zero-order chi connectivity index (χ0) is 15.6. The van der Waals surface area contributed by atoms with Crippen LogP contribution in [0.5, 0.6) is 0 Å². The molecule has 0 bridgehead atoms. The first kappa shape index (κ1) is 15.5. The zero-order valence-electron chi connectivity index (χ0n) is 12.9. The molecule has 0 radical (unpaired) electrons. The van der Waals surface area contributed by atoms with Gasteiger partial charge in [-0.1, -0.05) is 35.2 Å². The SMILES string of the molecule is CSc1nnc(CN2CCC(c3nc4ccccc4s3)CC2)s1. The Morgan fingerprint density at radius 3 is 2.74 bits per heavy atom. The Morgan fingerprint density at radius 2 is 2.00 bits per heavy atom. The molecular weight excluding hydrogens is 344 g/mol. The number of benzene rings is 1. The van der Waals surface area contributed by atoms with Crippen molar-refractivity contribution in [2.24, 2.45) is 0 Å². The fourth-order valence-corrected chi connectivity index (χ4v) is 5.47. The number of nitrogens with zero attached hydrogens (tertiary/aromatic N) is 4. The van der Waals surface area contributed by atoms with Crippen LogP contribution in [-0.2, 0) is 6.54 Å². The van der Waals surface area contributed by atoms with Crippen LogP contribution in [0.1, 0.15) is 28.8 Å². The summed E-state index contributed by atoms with van der Waals surface area (Å²) in [5, 5.41) is 10.9. The molecule has 0 spiro atoms. The first-order chi connectivity index (χ1) is 11.3. The predicted molar refractivity (Wildman–Crippen MR) is 98.6 cm³/mol. The number of aromatic nitrogens is 3. The Balaban J connectivity index is 1.38. The number of fused-ring (bicyclic) bond motifs is 1. The fraction of sp³-hybridized carbons (Fsp3) is 0.438. The van der Waals surface area contributed by atoms with Gasteiger partial charge in [0.15, 0.2) is 4.34 Å². The zero-order valence-corrected chi connectivity index (χ0v) is 15.4. The van der Waals surface area contributed by atoms with Crippen LogP contribution in [-0.4, -0.2) is 39.4 Å². The lowest BCUT2D eigenvalue weighted by Gasteiger charge is -2.30. The third-order valence-electron chi connectivity index (χ3n) is 4.23. The number of likely N-dealkylation sites (tertiary alicyclic amines) is 1. The lowest BCUT2D eigenvalue weighted by Crippen LogP contribution is -2.32. The highest BCUT2D eigenvalue weighted by atomic mass is 32.2. The van der Waals surface area contributed by atoms with E-state index in [0.29, 0.717) is 5.92 Å². The quantitative estimate of drug-likeness (QED) is 0.649. The largest absolute Gasteiger partial charge is 0.297 e. The minimum atomic E-state index is 0.611. The van der Waals surface area contributed by atoms with Gasteiger partial charge in [0.25, 0.3) is 0 Å². The van der Waals surface area contributed by atoms with Crippen LogP contribution in [0.4, 0.5) is 0 Å². The molecule has 1 fully saturated rings. The van der Waals surface area contributed by atoms with E-state index in [1.807, 2.05) is 17.6 Å². The van der Waals surface area contributed by atoms with Crippen LogP contribution in [0.25, 0.3) is 10.2 Å². The molecule has 23 heavy (non-hydrogen) atoms. The molecular formula is C16H18N4S3. The summed E-state index contributed by atoms with van der Waals surface area (Å²) in [6.45, 7) is 3.17. The van der Waals surface area contributed by atoms with E-state index in [4.69, 9.17) is 4.98 Å². The number of rotatable bonds is 4. The van der Waals surface area contributed by atoms with E-state index < -0.39 is 0 Å². The number of thiazole rings is 1. The van der Waals surface area contributed by atoms with Crippen molar-refractivity contribution in [3.8, 4) is 0 Å². The molecule has 0 aliphatic carbocycles. The second-order valence-electron chi connectivity index (χ2n) is 5.74. The van der Waals surface area contributed by atoms with Gasteiger partial charge in [-0.05, 0) is 44.3 Å². The summed E-state index contributed by atoms with van der Waals surface area (Å²) in [6.07, 6.45) is 4.43. The van der Waals surface area contributed by atoms with E-state index in [0.717, 1.165) is 34.5 Å². The van der Waals surface area contributed by atoms with Gasteiger partial charge in [-0.2, -0.15) is 0 Å². The molecule has 0 atom stereocenters. The summed E-state index contributed by atoms with van der Waals surface area (Å²) >= 11 is 5.25. The van der Waals surface area contributed by atoms with Crippen molar-refractivity contribution < 1.29 is 0 Å². The van der Waals surface area contributed by atoms with Crippen LogP contribution in [0, 0.1) is 0 Å². The summed E-state index contributed by atoms with van der Waals surface area (Å²) in [6, 6.07) is 8.45. The van der Waals surface area contributed by atoms with Crippen LogP contribution < -0.4 is 0 Å². The van der Waals surface area contributed by atoms with E-state index >= 15 is 0 Å². The molecule has 3 aromatic rings. The minimum Gasteiger partial charge on any atom is -0.297 e. The van der Waals surface area contributed by atoms with Gasteiger partial charge in [-0.25, -0.2) is 4.98 Å². The molecule has 0 amide bonds. The Kier molecular flexibility index (Phi) is 4.61. The van der Waals surface area contributed by atoms with Gasteiger partial charge in [0.1, 0.15) is 5.01 Å². The Labute approximate surface area is 148 Å². The molecule has 4 nitrogen and oxygen atoms in total. The Morgan fingerprint density at radius 1 is 1.17 bits per heavy atom. The molecule has 0 N–H and O–H groups in total. The number of para-hydroxylation sites is 1. The summed E-state index contributed by atoms with van der Waals surface area (Å²) in [4.78, 5) is 7.33. The topological polar surface area (TPSA) is 41.9 Å². The predicted octanol–water partition coefficient (Wildman–Crippen LogP) is 4.25. The van der Waals surface area contributed by atoms with Gasteiger partial charge in [0, 0.05) is 5.92 Å². The van der Waals surface area contributed by atoms with Crippen molar-refractivity contribution >= 4 is 44.7 Å². The van der Waals surface area contributed by atoms with E-state index in [-0.39, 0.29) is 0 Å². The fourth-order valence-electron chi connectivity index (χ4n) is 2.98. The molecule has 1 saturated heterocycles. The molecule has 4 rings (SSSR count). The van der Waals surface area contributed by atoms with E-state index in [1.54, 1.807) is 23.1 Å². The maximum Gasteiger partial charge on any atom is 0.174 e. The van der Waals surface area contributed by atoms with Crippen LogP contribution >= 0.6 is 34.4 Å². The minimum absolute atomic E-state index is 0.611. The second kappa shape index (κ2) is 6.84. The average Bonchev–Trinajstić information content (AvgIpc) is 3.21. The third kappa shape index (κ3) is 3.42. The average molecular weight is 363 g/mol. The molecule has 1 aliphatic heterocycles. The smallest absolute Gasteiger partial charge is 0.174 e. The summed E-state index contributed by atoms with van der Waals surface area (Å²) < 4.78 is 2.37. The maximum atomic E-state index is 4.84. The molecule has 1 aromatic carbocycles. The monoisotopic (exact) mass is 362 g/mol. The molecule has 120 valence electrons. The van der Waals surface area contributed by atoms with E-state index in [2.05, 4.69) is 39.4 Å². The lowest BCUT2D eigenvalue weighted by atomic mass is 9.97. The van der Waals surface area contributed by atoms with Gasteiger partial charge < -0.3 is 0 Å². The number of piperidine rings is 1. The van der Waals surface area contributed by atoms with Crippen molar-refractivity contribution in [3.05, 3.63) is 34.3 Å². The first-order valence-electron chi connectivity index (χ1n) is 7.76. The van der Waals surface area contributed by atoms with Crippen LogP contribution in [0.15, 0.2) is 28.6 Å². The van der Waals surface area contributed by atoms with Gasteiger partial charge in [-0.15, -0.1) is 21.5 Å². The molecule has 2 aromatic heterocycles. The van der Waals surface area contributed by atoms with Gasteiger partial charge >= 0.3 is 0 Å². The second-order valence-corrected chi connectivity index (χ2v) is 8.91. The van der Waals surface area contributed by atoms with Gasteiger partial charge in [0.05, 0.1) is 21.8 Å². The van der Waals surface area contributed by atoms with Crippen LogP contribution in [0.2, 0.25) is 0 Å². The van der Waals surface area contributed by atoms with Gasteiger partial charge in [0.2, 0.25) is 0 Å². The maximum absolute atomic E-state index is 4.84. The van der Waals surface area contributed by atoms with Crippen LogP contribution in [0.3, 0.4) is 0 Å². The van der Waals surface area contributed by atoms with Crippen molar-refractivity contribution in [3.63, 3.8) is 0 Å². The highest BCUT2D eigenvalue weighted by Gasteiger charge is 2.24. The summed E-state index contributed by atoms with van der Waals surface area (Å²) in [5.41, 5.74) is 1.15. The molecule has 7 heteroatoms. The highest BCUT2D eigenvalue weighted by Crippen LogP contribution is 2.34. The van der Waals surface area contributed by atoms with Crippen molar-refractivity contribution in [2.45, 2.75) is 29.6 Å². The highest BCUT2D eigenvalue weighted by molar-refractivity contribution is 8.00.